The predicted molar refractivity (Wildman–Crippen MR) is 139 cm³/mol. The number of ether oxygens (including phenoxy) is 4. The summed E-state index contributed by atoms with van der Waals surface area (Å²) in [4.78, 5) is 27.9. The first-order valence-corrected chi connectivity index (χ1v) is 12.9. The number of fused-ring (bicyclic) bond motifs is 1. The van der Waals surface area contributed by atoms with Gasteiger partial charge in [-0.3, -0.25) is 9.59 Å². The van der Waals surface area contributed by atoms with Crippen LogP contribution in [-0.4, -0.2) is 61.3 Å². The zero-order valence-corrected chi connectivity index (χ0v) is 21.9. The molecule has 37 heavy (non-hydrogen) atoms. The standard InChI is InChI=1S/C29H35NO7/c1-5-7-13-36-23-11-8-19(17-24(23)35-6-2)26-25(28(32)29(33)30(26)12-14-34-4)27(31)20-9-10-22-21(16-20)15-18(3)37-22/h8-11,16-18,26,31H,5-7,12-15H2,1-4H3/b27-25+/t18-,26-/m0/s1. The molecule has 1 fully saturated rings. The van der Waals surface area contributed by atoms with Crippen molar-refractivity contribution in [3.63, 3.8) is 0 Å². The number of Topliss-reactive ketones (excluding diaryl/α,β-unsaturated/α-hetero) is 1. The first-order valence-electron chi connectivity index (χ1n) is 12.9. The summed E-state index contributed by atoms with van der Waals surface area (Å²) in [5.41, 5.74) is 2.10. The third-order valence-corrected chi connectivity index (χ3v) is 6.58. The minimum Gasteiger partial charge on any atom is -0.507 e. The van der Waals surface area contributed by atoms with Gasteiger partial charge in [-0.05, 0) is 61.7 Å². The fraction of sp³-hybridized carbons (Fsp3) is 0.448. The van der Waals surface area contributed by atoms with E-state index in [1.54, 1.807) is 24.3 Å². The molecule has 2 aliphatic rings. The highest BCUT2D eigenvalue weighted by atomic mass is 16.5. The zero-order valence-electron chi connectivity index (χ0n) is 21.9. The molecule has 0 bridgehead atoms. The number of hydrogen-bond donors (Lipinski definition) is 1. The number of ketones is 1. The van der Waals surface area contributed by atoms with Crippen molar-refractivity contribution >= 4 is 17.4 Å². The lowest BCUT2D eigenvalue weighted by molar-refractivity contribution is -0.140. The van der Waals surface area contributed by atoms with Crippen LogP contribution in [0, 0.1) is 0 Å². The first-order chi connectivity index (χ1) is 17.9. The predicted octanol–water partition coefficient (Wildman–Crippen LogP) is 4.66. The molecule has 0 aliphatic carbocycles. The summed E-state index contributed by atoms with van der Waals surface area (Å²) >= 11 is 0. The molecular formula is C29H35NO7. The highest BCUT2D eigenvalue weighted by molar-refractivity contribution is 6.46. The maximum atomic E-state index is 13.3. The summed E-state index contributed by atoms with van der Waals surface area (Å²) in [5, 5.41) is 11.4. The summed E-state index contributed by atoms with van der Waals surface area (Å²) in [6.07, 6.45) is 2.67. The smallest absolute Gasteiger partial charge is 0.295 e. The average molecular weight is 510 g/mol. The molecule has 8 nitrogen and oxygen atoms in total. The van der Waals surface area contributed by atoms with E-state index < -0.39 is 17.7 Å². The maximum absolute atomic E-state index is 13.3. The van der Waals surface area contributed by atoms with E-state index in [9.17, 15) is 14.7 Å². The normalized spacial score (nSPS) is 20.2. The molecule has 8 heteroatoms. The Balaban J connectivity index is 1.79. The van der Waals surface area contributed by atoms with Crippen LogP contribution in [0.15, 0.2) is 42.0 Å². The largest absolute Gasteiger partial charge is 0.507 e. The number of hydrogen-bond acceptors (Lipinski definition) is 7. The third-order valence-electron chi connectivity index (χ3n) is 6.58. The summed E-state index contributed by atoms with van der Waals surface area (Å²) in [5.74, 6) is 0.263. The highest BCUT2D eigenvalue weighted by Gasteiger charge is 2.46. The molecule has 2 atom stereocenters. The van der Waals surface area contributed by atoms with Crippen LogP contribution in [0.1, 0.15) is 56.3 Å². The van der Waals surface area contributed by atoms with Gasteiger partial charge >= 0.3 is 0 Å². The molecule has 0 spiro atoms. The van der Waals surface area contributed by atoms with E-state index in [0.717, 1.165) is 24.2 Å². The summed E-state index contributed by atoms with van der Waals surface area (Å²) in [6.45, 7) is 7.37. The number of methoxy groups -OCH3 is 1. The zero-order chi connectivity index (χ0) is 26.5. The third kappa shape index (κ3) is 5.44. The molecule has 2 aliphatic heterocycles. The molecule has 0 aromatic heterocycles. The van der Waals surface area contributed by atoms with Crippen LogP contribution in [0.4, 0.5) is 0 Å². The van der Waals surface area contributed by atoms with E-state index in [1.807, 2.05) is 26.0 Å². The molecule has 1 amide bonds. The minimum atomic E-state index is -0.803. The Morgan fingerprint density at radius 2 is 1.89 bits per heavy atom. The van der Waals surface area contributed by atoms with Gasteiger partial charge in [0, 0.05) is 25.6 Å². The van der Waals surface area contributed by atoms with Gasteiger partial charge in [0.25, 0.3) is 11.7 Å². The van der Waals surface area contributed by atoms with Gasteiger partial charge in [-0.15, -0.1) is 0 Å². The van der Waals surface area contributed by atoms with E-state index >= 15 is 0 Å². The van der Waals surface area contributed by atoms with Gasteiger partial charge in [-0.1, -0.05) is 19.4 Å². The van der Waals surface area contributed by atoms with Gasteiger partial charge in [-0.25, -0.2) is 0 Å². The molecule has 0 radical (unpaired) electrons. The van der Waals surface area contributed by atoms with Crippen LogP contribution in [0.3, 0.4) is 0 Å². The topological polar surface area (TPSA) is 94.5 Å². The van der Waals surface area contributed by atoms with Gasteiger partial charge in [0.15, 0.2) is 11.5 Å². The number of likely N-dealkylation sites (tertiary alicyclic amines) is 1. The van der Waals surface area contributed by atoms with Crippen molar-refractivity contribution in [2.75, 3.05) is 33.5 Å². The molecular weight excluding hydrogens is 474 g/mol. The number of nitrogens with zero attached hydrogens (tertiary/aromatic N) is 1. The molecule has 0 unspecified atom stereocenters. The van der Waals surface area contributed by atoms with E-state index in [4.69, 9.17) is 18.9 Å². The summed E-state index contributed by atoms with van der Waals surface area (Å²) < 4.78 is 22.7. The van der Waals surface area contributed by atoms with Crippen molar-refractivity contribution in [1.82, 2.24) is 4.90 Å². The molecule has 2 heterocycles. The summed E-state index contributed by atoms with van der Waals surface area (Å²) in [7, 11) is 1.54. The quantitative estimate of drug-likeness (QED) is 0.204. The van der Waals surface area contributed by atoms with Crippen molar-refractivity contribution < 1.29 is 33.6 Å². The van der Waals surface area contributed by atoms with E-state index in [0.29, 0.717) is 42.3 Å². The summed E-state index contributed by atoms with van der Waals surface area (Å²) in [6, 6.07) is 9.91. The minimum absolute atomic E-state index is 0.0371. The van der Waals surface area contributed by atoms with Crippen LogP contribution in [0.5, 0.6) is 17.2 Å². The lowest BCUT2D eigenvalue weighted by Crippen LogP contribution is -2.32. The second-order valence-electron chi connectivity index (χ2n) is 9.28. The van der Waals surface area contributed by atoms with Gasteiger partial charge in [0.05, 0.1) is 31.4 Å². The van der Waals surface area contributed by atoms with E-state index in [2.05, 4.69) is 6.92 Å². The van der Waals surface area contributed by atoms with Crippen LogP contribution < -0.4 is 14.2 Å². The second-order valence-corrected chi connectivity index (χ2v) is 9.28. The number of amides is 1. The van der Waals surface area contributed by atoms with Gasteiger partial charge in [0.2, 0.25) is 0 Å². The first kappa shape index (κ1) is 26.5. The van der Waals surface area contributed by atoms with Crippen molar-refractivity contribution in [3.8, 4) is 17.2 Å². The van der Waals surface area contributed by atoms with Crippen LogP contribution in [-0.2, 0) is 20.7 Å². The van der Waals surface area contributed by atoms with Crippen LogP contribution >= 0.6 is 0 Å². The highest BCUT2D eigenvalue weighted by Crippen LogP contribution is 2.42. The number of carbonyl (C=O) groups is 2. The fourth-order valence-electron chi connectivity index (χ4n) is 4.78. The van der Waals surface area contributed by atoms with Gasteiger partial charge in [0.1, 0.15) is 17.6 Å². The van der Waals surface area contributed by atoms with Crippen molar-refractivity contribution in [2.24, 2.45) is 0 Å². The van der Waals surface area contributed by atoms with Crippen molar-refractivity contribution in [3.05, 3.63) is 58.7 Å². The lowest BCUT2D eigenvalue weighted by atomic mass is 9.94. The molecule has 2 aromatic carbocycles. The molecule has 1 saturated heterocycles. The Morgan fingerprint density at radius 1 is 1.08 bits per heavy atom. The van der Waals surface area contributed by atoms with Crippen LogP contribution in [0.2, 0.25) is 0 Å². The monoisotopic (exact) mass is 509 g/mol. The molecule has 2 aromatic rings. The van der Waals surface area contributed by atoms with Gasteiger partial charge < -0.3 is 29.0 Å². The van der Waals surface area contributed by atoms with Gasteiger partial charge in [-0.2, -0.15) is 0 Å². The number of aliphatic hydroxyl groups is 1. The van der Waals surface area contributed by atoms with E-state index in [-0.39, 0.29) is 30.6 Å². The van der Waals surface area contributed by atoms with Crippen LogP contribution in [0.25, 0.3) is 5.76 Å². The number of aliphatic hydroxyl groups excluding tert-OH is 1. The Kier molecular flexibility index (Phi) is 8.38. The number of carbonyl (C=O) groups excluding carboxylic acids is 2. The van der Waals surface area contributed by atoms with E-state index in [1.165, 1.54) is 12.0 Å². The molecule has 0 saturated carbocycles. The van der Waals surface area contributed by atoms with Crippen molar-refractivity contribution in [2.45, 2.75) is 52.2 Å². The number of unbranched alkanes of at least 4 members (excludes halogenated alkanes) is 1. The Bertz CT molecular complexity index is 1190. The SMILES string of the molecule is CCCCOc1ccc([C@H]2/C(=C(\O)c3ccc4c(c3)C[C@H](C)O4)C(=O)C(=O)N2CCOC)cc1OCC. The Morgan fingerprint density at radius 3 is 2.62 bits per heavy atom. The second kappa shape index (κ2) is 11.7. The maximum Gasteiger partial charge on any atom is 0.295 e. The Labute approximate surface area is 217 Å². The Hall–Kier alpha value is -3.52. The average Bonchev–Trinajstić information content (AvgIpc) is 3.38. The molecule has 1 N–H and O–H groups in total. The number of benzene rings is 2. The fourth-order valence-corrected chi connectivity index (χ4v) is 4.78. The van der Waals surface area contributed by atoms with Crippen molar-refractivity contribution in [1.29, 1.82) is 0 Å². The molecule has 198 valence electrons. The number of rotatable bonds is 11. The lowest BCUT2D eigenvalue weighted by Gasteiger charge is -2.26. The molecule has 4 rings (SSSR count).